The lowest BCUT2D eigenvalue weighted by molar-refractivity contribution is -0.122. The van der Waals surface area contributed by atoms with Crippen LogP contribution in [-0.2, 0) is 20.7 Å². The topological polar surface area (TPSA) is 122 Å². The number of nitrogens with zero attached hydrogens (tertiary/aromatic N) is 4. The summed E-state index contributed by atoms with van der Waals surface area (Å²) < 4.78 is 31.1. The van der Waals surface area contributed by atoms with Crippen molar-refractivity contribution < 1.29 is 28.2 Å². The van der Waals surface area contributed by atoms with Crippen molar-refractivity contribution in [2.75, 3.05) is 64.1 Å². The number of pyridine rings is 1. The zero-order chi connectivity index (χ0) is 31.4. The number of rotatable bonds is 10. The molecule has 4 heterocycles. The van der Waals surface area contributed by atoms with Crippen molar-refractivity contribution >= 4 is 17.5 Å². The first kappa shape index (κ1) is 32.2. The number of fused-ring (bicyclic) bond motifs is 1. The number of morpholine rings is 1. The Labute approximate surface area is 258 Å². The van der Waals surface area contributed by atoms with Crippen LogP contribution >= 0.6 is 0 Å². The molecule has 3 aliphatic rings. The molecule has 11 nitrogen and oxygen atoms in total. The molecule has 1 aromatic carbocycles. The molecule has 0 spiro atoms. The van der Waals surface area contributed by atoms with E-state index in [1.54, 1.807) is 23.1 Å². The van der Waals surface area contributed by atoms with Crippen LogP contribution in [0, 0.1) is 5.82 Å². The number of aromatic nitrogens is 1. The van der Waals surface area contributed by atoms with Gasteiger partial charge in [0.25, 0.3) is 5.91 Å². The summed E-state index contributed by atoms with van der Waals surface area (Å²) in [5.74, 6) is -0.897. The summed E-state index contributed by atoms with van der Waals surface area (Å²) >= 11 is 0. The average Bonchev–Trinajstić information content (AvgIpc) is 2.98. The van der Waals surface area contributed by atoms with Gasteiger partial charge in [-0.2, -0.15) is 0 Å². The molecule has 5 rings (SSSR count). The lowest BCUT2D eigenvalue weighted by Crippen LogP contribution is -2.63. The highest BCUT2D eigenvalue weighted by molar-refractivity contribution is 5.98. The van der Waals surface area contributed by atoms with Crippen molar-refractivity contribution in [1.29, 1.82) is 0 Å². The van der Waals surface area contributed by atoms with Crippen LogP contribution in [0.5, 0.6) is 5.88 Å². The van der Waals surface area contributed by atoms with Crippen molar-refractivity contribution in [2.45, 2.75) is 64.4 Å². The minimum atomic E-state index is -0.692. The van der Waals surface area contributed by atoms with E-state index in [1.807, 2.05) is 20.8 Å². The fraction of sp³-hybridized carbons (Fsp3) is 0.594. The highest BCUT2D eigenvalue weighted by Crippen LogP contribution is 2.35. The Kier molecular flexibility index (Phi) is 10.5. The number of hydrogen-bond acceptors (Lipinski definition) is 9. The number of hydrogen-bond donors (Lipinski definition) is 2. The van der Waals surface area contributed by atoms with Crippen LogP contribution in [0.3, 0.4) is 0 Å². The maximum Gasteiger partial charge on any atom is 0.267 e. The number of ether oxygens (including phenoxy) is 3. The number of piperazine rings is 1. The Morgan fingerprint density at radius 2 is 1.93 bits per heavy atom. The number of carbonyl (C=O) groups excluding carboxylic acids is 2. The molecule has 0 saturated carbocycles. The van der Waals surface area contributed by atoms with Gasteiger partial charge < -0.3 is 30.2 Å². The molecule has 0 bridgehead atoms. The Morgan fingerprint density at radius 3 is 2.66 bits per heavy atom. The van der Waals surface area contributed by atoms with Gasteiger partial charge >= 0.3 is 0 Å². The normalized spacial score (nSPS) is 24.6. The number of carbonyl (C=O) groups is 2. The first-order valence-corrected chi connectivity index (χ1v) is 15.5. The molecule has 2 saturated heterocycles. The van der Waals surface area contributed by atoms with Crippen LogP contribution < -0.4 is 20.7 Å². The highest BCUT2D eigenvalue weighted by atomic mass is 19.1. The molecular weight excluding hydrogens is 567 g/mol. The molecule has 44 heavy (non-hydrogen) atoms. The number of nitrogens with one attached hydrogen (secondary N) is 1. The minimum Gasteiger partial charge on any atom is -0.474 e. The zero-order valence-corrected chi connectivity index (χ0v) is 26.1. The monoisotopic (exact) mass is 612 g/mol. The van der Waals surface area contributed by atoms with E-state index < -0.39 is 5.91 Å². The number of primary amides is 1. The van der Waals surface area contributed by atoms with E-state index in [4.69, 9.17) is 19.9 Å². The predicted octanol–water partition coefficient (Wildman–Crippen LogP) is 1.81. The van der Waals surface area contributed by atoms with Gasteiger partial charge in [-0.25, -0.2) is 9.37 Å². The maximum atomic E-state index is 14.1. The van der Waals surface area contributed by atoms with Gasteiger partial charge in [0, 0.05) is 38.3 Å². The molecule has 2 aromatic rings. The largest absolute Gasteiger partial charge is 0.474 e. The summed E-state index contributed by atoms with van der Waals surface area (Å²) in [4.78, 5) is 37.4. The minimum absolute atomic E-state index is 0.0656. The molecule has 3 aliphatic heterocycles. The SMILES string of the molecule is CC(C)OC[C@@H]1COCCN1C[C@H]1CN[C@H](C)CN1CC(=O)N1c2cc(Cc3ccc(F)cc3)c(C(N)=O)nc2OC[C@@H]1C. The molecule has 1 aromatic heterocycles. The molecule has 2 fully saturated rings. The second-order valence-electron chi connectivity index (χ2n) is 12.4. The van der Waals surface area contributed by atoms with Crippen molar-refractivity contribution in [2.24, 2.45) is 5.73 Å². The van der Waals surface area contributed by atoms with Crippen LogP contribution in [-0.4, -0.2) is 116 Å². The van der Waals surface area contributed by atoms with Gasteiger partial charge in [-0.1, -0.05) is 12.1 Å². The van der Waals surface area contributed by atoms with Crippen LogP contribution in [0.1, 0.15) is 49.3 Å². The summed E-state index contributed by atoms with van der Waals surface area (Å²) in [6.07, 6.45) is 0.446. The zero-order valence-electron chi connectivity index (χ0n) is 26.1. The van der Waals surface area contributed by atoms with Gasteiger partial charge in [0.15, 0.2) is 0 Å². The average molecular weight is 613 g/mol. The molecule has 0 unspecified atom stereocenters. The third kappa shape index (κ3) is 7.73. The third-order valence-corrected chi connectivity index (χ3v) is 8.50. The number of anilines is 1. The first-order chi connectivity index (χ1) is 21.1. The van der Waals surface area contributed by atoms with E-state index in [1.165, 1.54) is 12.1 Å². The summed E-state index contributed by atoms with van der Waals surface area (Å²) in [5.41, 5.74) is 7.61. The smallest absolute Gasteiger partial charge is 0.267 e. The van der Waals surface area contributed by atoms with Crippen LogP contribution in [0.2, 0.25) is 0 Å². The van der Waals surface area contributed by atoms with Gasteiger partial charge in [0.05, 0.1) is 44.6 Å². The van der Waals surface area contributed by atoms with Crippen molar-refractivity contribution in [3.63, 3.8) is 0 Å². The summed E-state index contributed by atoms with van der Waals surface area (Å²) in [6, 6.07) is 8.09. The fourth-order valence-electron chi connectivity index (χ4n) is 6.18. The quantitative estimate of drug-likeness (QED) is 0.414. The Hall–Kier alpha value is -3.16. The lowest BCUT2D eigenvalue weighted by Gasteiger charge is -2.45. The summed E-state index contributed by atoms with van der Waals surface area (Å²) in [6.45, 7) is 13.6. The highest BCUT2D eigenvalue weighted by Gasteiger charge is 2.37. The van der Waals surface area contributed by atoms with Gasteiger partial charge in [-0.15, -0.1) is 0 Å². The Bertz CT molecular complexity index is 1310. The molecule has 3 N–H and O–H groups in total. The lowest BCUT2D eigenvalue weighted by atomic mass is 10.0. The van der Waals surface area contributed by atoms with E-state index in [0.717, 1.165) is 31.7 Å². The molecule has 4 atom stereocenters. The first-order valence-electron chi connectivity index (χ1n) is 15.5. The molecule has 240 valence electrons. The second-order valence-corrected chi connectivity index (χ2v) is 12.4. The number of benzene rings is 1. The number of halogens is 1. The van der Waals surface area contributed by atoms with Gasteiger partial charge in [0.1, 0.15) is 23.8 Å². The van der Waals surface area contributed by atoms with Crippen molar-refractivity contribution in [3.8, 4) is 5.88 Å². The van der Waals surface area contributed by atoms with Crippen LogP contribution in [0.15, 0.2) is 30.3 Å². The molecule has 12 heteroatoms. The molecule has 0 radical (unpaired) electrons. The molecular formula is C32H45FN6O5. The fourth-order valence-corrected chi connectivity index (χ4v) is 6.18. The Balaban J connectivity index is 1.37. The maximum absolute atomic E-state index is 14.1. The van der Waals surface area contributed by atoms with E-state index in [2.05, 4.69) is 27.0 Å². The van der Waals surface area contributed by atoms with Gasteiger partial charge in [0.2, 0.25) is 11.8 Å². The van der Waals surface area contributed by atoms with Crippen LogP contribution in [0.4, 0.5) is 10.1 Å². The van der Waals surface area contributed by atoms with Gasteiger partial charge in [-0.3, -0.25) is 19.4 Å². The van der Waals surface area contributed by atoms with Gasteiger partial charge in [-0.05, 0) is 63.4 Å². The number of nitrogens with two attached hydrogens (primary N) is 1. The molecule has 0 aliphatic carbocycles. The summed E-state index contributed by atoms with van der Waals surface area (Å²) in [7, 11) is 0. The van der Waals surface area contributed by atoms with Crippen molar-refractivity contribution in [3.05, 3.63) is 53.0 Å². The number of amides is 2. The Morgan fingerprint density at radius 1 is 1.16 bits per heavy atom. The predicted molar refractivity (Wildman–Crippen MR) is 164 cm³/mol. The summed E-state index contributed by atoms with van der Waals surface area (Å²) in [5, 5.41) is 3.59. The van der Waals surface area contributed by atoms with Crippen molar-refractivity contribution in [1.82, 2.24) is 20.1 Å². The second kappa shape index (κ2) is 14.3. The van der Waals surface area contributed by atoms with E-state index in [0.29, 0.717) is 37.5 Å². The van der Waals surface area contributed by atoms with E-state index in [9.17, 15) is 14.0 Å². The molecule has 2 amide bonds. The third-order valence-electron chi connectivity index (χ3n) is 8.50. The standard InChI is InChI=1S/C32H45FN6O5/c1-20(2)43-19-27-18-42-10-9-37(27)15-26-13-35-21(3)14-38(26)16-29(40)39-22(4)17-44-32-28(39)12-24(30(36-32)31(34)41)11-23-5-7-25(33)8-6-23/h5-8,12,20-22,26-27,35H,9-11,13-19H2,1-4H3,(H2,34,41)/t21-,22+,26-,27+/m1/s1. The van der Waals surface area contributed by atoms with E-state index >= 15 is 0 Å². The van der Waals surface area contributed by atoms with Crippen LogP contribution in [0.25, 0.3) is 0 Å². The van der Waals surface area contributed by atoms with E-state index in [-0.39, 0.29) is 66.7 Å².